The van der Waals surface area contributed by atoms with Crippen LogP contribution >= 0.6 is 0 Å². The van der Waals surface area contributed by atoms with E-state index in [-0.39, 0.29) is 0 Å². The maximum Gasteiger partial charge on any atom is 0.263 e. The second-order valence-electron chi connectivity index (χ2n) is 6.33. The zero-order valence-corrected chi connectivity index (χ0v) is 14.8. The lowest BCUT2D eigenvalue weighted by Crippen LogP contribution is -2.53. The second kappa shape index (κ2) is 7.96. The summed E-state index contributed by atoms with van der Waals surface area (Å²) in [5, 5.41) is 0. The molecule has 0 aliphatic carbocycles. The Morgan fingerprint density at radius 1 is 1.38 bits per heavy atom. The molecule has 6 nitrogen and oxygen atoms in total. The van der Waals surface area contributed by atoms with E-state index in [1.807, 2.05) is 19.1 Å². The van der Waals surface area contributed by atoms with Crippen LogP contribution in [0.4, 0.5) is 0 Å². The van der Waals surface area contributed by atoms with E-state index in [1.54, 1.807) is 13.4 Å². The minimum absolute atomic E-state index is 0.568. The minimum atomic E-state index is 0.568. The molecule has 1 aliphatic rings. The van der Waals surface area contributed by atoms with E-state index in [4.69, 9.17) is 13.6 Å². The van der Waals surface area contributed by atoms with Crippen LogP contribution in [0, 0.1) is 6.92 Å². The number of furan rings is 1. The van der Waals surface area contributed by atoms with Crippen molar-refractivity contribution in [3.63, 3.8) is 0 Å². The topological polar surface area (TPSA) is 54.9 Å². The van der Waals surface area contributed by atoms with Crippen molar-refractivity contribution in [3.8, 4) is 11.7 Å². The average Bonchev–Trinajstić information content (AvgIpc) is 3.24. The lowest BCUT2D eigenvalue weighted by molar-refractivity contribution is 0.0459. The first kappa shape index (κ1) is 17.2. The minimum Gasteiger partial charge on any atom is -0.459 e. The van der Waals surface area contributed by atoms with Gasteiger partial charge in [0.25, 0.3) is 5.89 Å². The molecule has 3 rings (SSSR count). The van der Waals surface area contributed by atoms with E-state index in [1.165, 1.54) is 0 Å². The third-order valence-corrected chi connectivity index (χ3v) is 4.74. The van der Waals surface area contributed by atoms with E-state index in [2.05, 4.69) is 21.7 Å². The normalized spacial score (nSPS) is 19.9. The number of oxazole rings is 1. The first-order valence-corrected chi connectivity index (χ1v) is 8.66. The van der Waals surface area contributed by atoms with Crippen LogP contribution in [0.5, 0.6) is 0 Å². The summed E-state index contributed by atoms with van der Waals surface area (Å²) in [6.07, 6.45) is 2.79. The van der Waals surface area contributed by atoms with Crippen LogP contribution in [0.2, 0.25) is 0 Å². The molecular formula is C18H27N3O3. The van der Waals surface area contributed by atoms with Gasteiger partial charge in [-0.15, -0.1) is 0 Å². The Labute approximate surface area is 143 Å². The zero-order valence-electron chi connectivity index (χ0n) is 14.8. The summed E-state index contributed by atoms with van der Waals surface area (Å²) in [4.78, 5) is 9.63. The van der Waals surface area contributed by atoms with E-state index >= 15 is 0 Å². The van der Waals surface area contributed by atoms with Gasteiger partial charge in [-0.05, 0) is 25.5 Å². The first-order chi connectivity index (χ1) is 11.7. The molecule has 0 aromatic carbocycles. The number of hydrogen-bond donors (Lipinski definition) is 0. The Bertz CT molecular complexity index is 623. The number of hydrogen-bond acceptors (Lipinski definition) is 6. The quantitative estimate of drug-likeness (QED) is 0.776. The first-order valence-electron chi connectivity index (χ1n) is 8.66. The second-order valence-corrected chi connectivity index (χ2v) is 6.33. The maximum absolute atomic E-state index is 5.77. The standard InChI is InChI=1S/C18H27N3O3/c1-4-15-12-20(7-8-21(15)9-11-22-3)13-16-14(2)24-18(19-16)17-6-5-10-23-17/h5-6,10,15H,4,7-9,11-13H2,1-3H3. The Morgan fingerprint density at radius 2 is 2.25 bits per heavy atom. The summed E-state index contributed by atoms with van der Waals surface area (Å²) in [5.74, 6) is 2.12. The molecule has 0 saturated carbocycles. The molecule has 0 radical (unpaired) electrons. The van der Waals surface area contributed by atoms with Gasteiger partial charge in [0.2, 0.25) is 0 Å². The number of nitrogens with zero attached hydrogens (tertiary/aromatic N) is 3. The third-order valence-electron chi connectivity index (χ3n) is 4.74. The predicted octanol–water partition coefficient (Wildman–Crippen LogP) is 2.79. The molecule has 6 heteroatoms. The molecular weight excluding hydrogens is 306 g/mol. The highest BCUT2D eigenvalue weighted by Crippen LogP contribution is 2.23. The molecule has 0 bridgehead atoms. The van der Waals surface area contributed by atoms with E-state index in [0.29, 0.717) is 17.7 Å². The highest BCUT2D eigenvalue weighted by atomic mass is 16.5. The van der Waals surface area contributed by atoms with Gasteiger partial charge in [0, 0.05) is 45.9 Å². The molecule has 0 spiro atoms. The Morgan fingerprint density at radius 3 is 2.96 bits per heavy atom. The fourth-order valence-corrected chi connectivity index (χ4v) is 3.28. The molecule has 132 valence electrons. The van der Waals surface area contributed by atoms with Gasteiger partial charge in [-0.1, -0.05) is 6.92 Å². The van der Waals surface area contributed by atoms with Crippen LogP contribution in [-0.4, -0.2) is 60.7 Å². The van der Waals surface area contributed by atoms with Crippen LogP contribution in [0.15, 0.2) is 27.2 Å². The third kappa shape index (κ3) is 3.88. The molecule has 1 saturated heterocycles. The number of methoxy groups -OCH3 is 1. The van der Waals surface area contributed by atoms with Crippen LogP contribution in [0.3, 0.4) is 0 Å². The van der Waals surface area contributed by atoms with Gasteiger partial charge in [0.15, 0.2) is 5.76 Å². The van der Waals surface area contributed by atoms with Gasteiger partial charge in [-0.2, -0.15) is 0 Å². The highest BCUT2D eigenvalue weighted by Gasteiger charge is 2.26. The number of aromatic nitrogens is 1. The van der Waals surface area contributed by atoms with Gasteiger partial charge < -0.3 is 13.6 Å². The van der Waals surface area contributed by atoms with Crippen LogP contribution in [0.1, 0.15) is 24.8 Å². The summed E-state index contributed by atoms with van der Waals surface area (Å²) < 4.78 is 16.4. The Hall–Kier alpha value is -1.63. The zero-order chi connectivity index (χ0) is 16.9. The van der Waals surface area contributed by atoms with Gasteiger partial charge in [-0.3, -0.25) is 9.80 Å². The molecule has 1 unspecified atom stereocenters. The molecule has 0 amide bonds. The van der Waals surface area contributed by atoms with Gasteiger partial charge >= 0.3 is 0 Å². The molecule has 24 heavy (non-hydrogen) atoms. The smallest absolute Gasteiger partial charge is 0.263 e. The van der Waals surface area contributed by atoms with Crippen LogP contribution < -0.4 is 0 Å². The lowest BCUT2D eigenvalue weighted by Gasteiger charge is -2.41. The fourth-order valence-electron chi connectivity index (χ4n) is 3.28. The van der Waals surface area contributed by atoms with Crippen molar-refractivity contribution in [2.24, 2.45) is 0 Å². The SMILES string of the molecule is CCC1CN(Cc2nc(-c3ccco3)oc2C)CCN1CCOC. The van der Waals surface area contributed by atoms with Crippen molar-refractivity contribution in [2.45, 2.75) is 32.9 Å². The van der Waals surface area contributed by atoms with Crippen LogP contribution in [0.25, 0.3) is 11.7 Å². The number of piperazine rings is 1. The van der Waals surface area contributed by atoms with Crippen molar-refractivity contribution in [1.82, 2.24) is 14.8 Å². The molecule has 1 aliphatic heterocycles. The Balaban J connectivity index is 1.62. The molecule has 2 aromatic rings. The molecule has 1 fully saturated rings. The molecule has 0 N–H and O–H groups in total. The highest BCUT2D eigenvalue weighted by molar-refractivity contribution is 5.44. The molecule has 1 atom stereocenters. The van der Waals surface area contributed by atoms with Crippen molar-refractivity contribution < 1.29 is 13.6 Å². The molecule has 3 heterocycles. The lowest BCUT2D eigenvalue weighted by atomic mass is 10.1. The van der Waals surface area contributed by atoms with E-state index < -0.39 is 0 Å². The largest absolute Gasteiger partial charge is 0.459 e. The van der Waals surface area contributed by atoms with Gasteiger partial charge in [-0.25, -0.2) is 4.98 Å². The van der Waals surface area contributed by atoms with Gasteiger partial charge in [0.05, 0.1) is 18.6 Å². The predicted molar refractivity (Wildman–Crippen MR) is 91.7 cm³/mol. The van der Waals surface area contributed by atoms with E-state index in [0.717, 1.165) is 57.2 Å². The molecule has 2 aromatic heterocycles. The monoisotopic (exact) mass is 333 g/mol. The van der Waals surface area contributed by atoms with Crippen molar-refractivity contribution >= 4 is 0 Å². The van der Waals surface area contributed by atoms with Crippen molar-refractivity contribution in [2.75, 3.05) is 39.9 Å². The van der Waals surface area contributed by atoms with E-state index in [9.17, 15) is 0 Å². The number of ether oxygens (including phenoxy) is 1. The fraction of sp³-hybridized carbons (Fsp3) is 0.611. The summed E-state index contributed by atoms with van der Waals surface area (Å²) in [7, 11) is 1.77. The average molecular weight is 333 g/mol. The van der Waals surface area contributed by atoms with Crippen LogP contribution in [-0.2, 0) is 11.3 Å². The summed E-state index contributed by atoms with van der Waals surface area (Å²) in [6, 6.07) is 4.29. The number of aryl methyl sites for hydroxylation is 1. The maximum atomic E-state index is 5.77. The van der Waals surface area contributed by atoms with Gasteiger partial charge in [0.1, 0.15) is 5.76 Å². The van der Waals surface area contributed by atoms with Crippen molar-refractivity contribution in [1.29, 1.82) is 0 Å². The summed E-state index contributed by atoms with van der Waals surface area (Å²) in [6.45, 7) is 10.0. The summed E-state index contributed by atoms with van der Waals surface area (Å²) in [5.41, 5.74) is 1.00. The Kier molecular flexibility index (Phi) is 5.71. The summed E-state index contributed by atoms with van der Waals surface area (Å²) >= 11 is 0. The van der Waals surface area contributed by atoms with Crippen molar-refractivity contribution in [3.05, 3.63) is 29.9 Å². The number of rotatable bonds is 7.